The number of amides is 1. The van der Waals surface area contributed by atoms with E-state index >= 15 is 0 Å². The Balaban J connectivity index is 1.90. The molecule has 1 heterocycles. The monoisotopic (exact) mass is 526 g/mol. The Labute approximate surface area is 205 Å². The van der Waals surface area contributed by atoms with Crippen LogP contribution >= 0.6 is 0 Å². The Hall–Kier alpha value is -2.51. The van der Waals surface area contributed by atoms with Crippen LogP contribution in [0.4, 0.5) is 0 Å². The lowest BCUT2D eigenvalue weighted by Gasteiger charge is -2.43. The molecular weight excluding hydrogens is 496 g/mol. The van der Waals surface area contributed by atoms with E-state index in [1.807, 2.05) is 13.8 Å². The van der Waals surface area contributed by atoms with Crippen LogP contribution in [0.5, 0.6) is 11.5 Å². The van der Waals surface area contributed by atoms with Gasteiger partial charge in [0.05, 0.1) is 9.79 Å². The number of benzene rings is 2. The molecule has 2 aromatic carbocycles. The molecule has 0 spiro atoms. The van der Waals surface area contributed by atoms with Gasteiger partial charge in [0.1, 0.15) is 17.0 Å². The molecule has 2 aromatic rings. The van der Waals surface area contributed by atoms with Crippen LogP contribution in [0.2, 0.25) is 0 Å². The van der Waals surface area contributed by atoms with E-state index in [-0.39, 0.29) is 48.3 Å². The van der Waals surface area contributed by atoms with Gasteiger partial charge in [-0.1, -0.05) is 13.8 Å². The maximum Gasteiger partial charge on any atom is 0.265 e. The van der Waals surface area contributed by atoms with E-state index < -0.39 is 31.3 Å². The fourth-order valence-corrected chi connectivity index (χ4v) is 6.52. The minimum atomic E-state index is -4.14. The average molecular weight is 527 g/mol. The summed E-state index contributed by atoms with van der Waals surface area (Å²) in [6.45, 7) is 4.13. The molecule has 0 saturated carbocycles. The van der Waals surface area contributed by atoms with Gasteiger partial charge in [-0.05, 0) is 67.3 Å². The molecule has 10 nitrogen and oxygen atoms in total. The van der Waals surface area contributed by atoms with E-state index in [1.165, 1.54) is 52.8 Å². The zero-order chi connectivity index (χ0) is 25.9. The molecule has 0 atom stereocenters. The maximum atomic E-state index is 13.7. The van der Waals surface area contributed by atoms with Crippen LogP contribution in [0.25, 0.3) is 0 Å². The van der Waals surface area contributed by atoms with Crippen molar-refractivity contribution in [3.63, 3.8) is 0 Å². The van der Waals surface area contributed by atoms with Gasteiger partial charge < -0.3 is 9.47 Å². The Bertz CT molecular complexity index is 1240. The fraction of sp³-hybridized carbons (Fsp3) is 0.435. The molecule has 0 unspecified atom stereocenters. The zero-order valence-corrected chi connectivity index (χ0v) is 21.4. The highest BCUT2D eigenvalue weighted by Crippen LogP contribution is 2.35. The molecule has 3 rings (SSSR count). The number of nitrogens with zero attached hydrogens (tertiary/aromatic N) is 1. The molecule has 1 aliphatic rings. The van der Waals surface area contributed by atoms with E-state index in [4.69, 9.17) is 9.47 Å². The molecule has 1 saturated heterocycles. The van der Waals surface area contributed by atoms with Gasteiger partial charge >= 0.3 is 0 Å². The summed E-state index contributed by atoms with van der Waals surface area (Å²) >= 11 is 0. The highest BCUT2D eigenvalue weighted by molar-refractivity contribution is 7.90. The number of carbonyl (C=O) groups is 1. The first-order valence-corrected chi connectivity index (χ1v) is 14.4. The minimum Gasteiger partial charge on any atom is -0.457 e. The topological polar surface area (TPSA) is 139 Å². The van der Waals surface area contributed by atoms with Crippen molar-refractivity contribution in [1.29, 1.82) is 0 Å². The molecule has 1 amide bonds. The van der Waals surface area contributed by atoms with Gasteiger partial charge in [-0.15, -0.1) is 0 Å². The maximum absolute atomic E-state index is 13.7. The lowest BCUT2D eigenvalue weighted by molar-refractivity contribution is -0.145. The number of carbonyl (C=O) groups excluding carboxylic acids is 1. The summed E-state index contributed by atoms with van der Waals surface area (Å²) in [6, 6.07) is 11.6. The fourth-order valence-electron chi connectivity index (χ4n) is 3.94. The van der Waals surface area contributed by atoms with E-state index in [2.05, 4.69) is 0 Å². The Morgan fingerprint density at radius 3 is 1.91 bits per heavy atom. The van der Waals surface area contributed by atoms with Crippen LogP contribution < -0.4 is 10.2 Å². The standard InChI is InChI=1S/C23H30N2O8S2/c1-17(2)16-25(23(22(26)24-27)12-14-32-15-13-23)35(30,31)21-10-6-19(7-11-21)33-18-4-8-20(9-5-18)34(3,28)29/h4-11,17,27H,12-16H2,1-3H3,(H,24,26). The number of sulfonamides is 1. The smallest absolute Gasteiger partial charge is 0.265 e. The highest BCUT2D eigenvalue weighted by atomic mass is 32.2. The van der Waals surface area contributed by atoms with Gasteiger partial charge in [0.2, 0.25) is 10.0 Å². The normalized spacial score (nSPS) is 16.3. The summed E-state index contributed by atoms with van der Waals surface area (Å²) in [5.74, 6) is -0.147. The van der Waals surface area contributed by atoms with Crippen molar-refractivity contribution in [2.75, 3.05) is 26.0 Å². The van der Waals surface area contributed by atoms with Gasteiger partial charge in [0.15, 0.2) is 9.84 Å². The lowest BCUT2D eigenvalue weighted by Crippen LogP contribution is -2.63. The molecular formula is C23H30N2O8S2. The van der Waals surface area contributed by atoms with Crippen molar-refractivity contribution in [1.82, 2.24) is 9.79 Å². The number of hydrogen-bond donors (Lipinski definition) is 2. The molecule has 1 aliphatic heterocycles. The van der Waals surface area contributed by atoms with E-state index in [1.54, 1.807) is 5.48 Å². The third-order valence-electron chi connectivity index (χ3n) is 5.75. The number of hydroxylamine groups is 1. The van der Waals surface area contributed by atoms with Gasteiger partial charge in [-0.2, -0.15) is 4.31 Å². The van der Waals surface area contributed by atoms with Crippen molar-refractivity contribution in [2.45, 2.75) is 42.0 Å². The van der Waals surface area contributed by atoms with E-state index in [0.29, 0.717) is 11.5 Å². The third kappa shape index (κ3) is 6.01. The molecule has 1 fully saturated rings. The lowest BCUT2D eigenvalue weighted by atomic mass is 9.88. The van der Waals surface area contributed by atoms with Crippen molar-refractivity contribution in [3.8, 4) is 11.5 Å². The second-order valence-electron chi connectivity index (χ2n) is 8.83. The predicted octanol–water partition coefficient (Wildman–Crippen LogP) is 2.58. The Morgan fingerprint density at radius 2 is 1.49 bits per heavy atom. The molecule has 0 aliphatic carbocycles. The van der Waals surface area contributed by atoms with E-state index in [9.17, 15) is 26.8 Å². The second kappa shape index (κ2) is 10.6. The van der Waals surface area contributed by atoms with Crippen LogP contribution in [0.1, 0.15) is 26.7 Å². The molecule has 35 heavy (non-hydrogen) atoms. The van der Waals surface area contributed by atoms with Crippen molar-refractivity contribution in [2.24, 2.45) is 5.92 Å². The first-order chi connectivity index (χ1) is 16.4. The molecule has 0 radical (unpaired) electrons. The van der Waals surface area contributed by atoms with Crippen molar-refractivity contribution in [3.05, 3.63) is 48.5 Å². The predicted molar refractivity (Wildman–Crippen MR) is 128 cm³/mol. The summed E-state index contributed by atoms with van der Waals surface area (Å²) in [4.78, 5) is 12.9. The molecule has 0 aromatic heterocycles. The van der Waals surface area contributed by atoms with Crippen LogP contribution in [0.15, 0.2) is 58.3 Å². The largest absolute Gasteiger partial charge is 0.457 e. The van der Waals surface area contributed by atoms with Gasteiger partial charge in [0, 0.05) is 26.0 Å². The molecule has 12 heteroatoms. The highest BCUT2D eigenvalue weighted by Gasteiger charge is 2.50. The van der Waals surface area contributed by atoms with Crippen LogP contribution in [-0.4, -0.2) is 63.8 Å². The summed E-state index contributed by atoms with van der Waals surface area (Å²) in [5.41, 5.74) is 0.165. The van der Waals surface area contributed by atoms with Crippen molar-refractivity contribution >= 4 is 25.8 Å². The third-order valence-corrected chi connectivity index (χ3v) is 8.83. The Kier molecular flexibility index (Phi) is 8.22. The Morgan fingerprint density at radius 1 is 1.00 bits per heavy atom. The van der Waals surface area contributed by atoms with Crippen LogP contribution in [0.3, 0.4) is 0 Å². The quantitative estimate of drug-likeness (QED) is 0.375. The number of rotatable bonds is 9. The summed E-state index contributed by atoms with van der Waals surface area (Å²) in [7, 11) is -7.47. The summed E-state index contributed by atoms with van der Waals surface area (Å²) in [5, 5.41) is 9.40. The van der Waals surface area contributed by atoms with Gasteiger partial charge in [0.25, 0.3) is 5.91 Å². The van der Waals surface area contributed by atoms with E-state index in [0.717, 1.165) is 6.26 Å². The first kappa shape index (κ1) is 27.1. The average Bonchev–Trinajstić information content (AvgIpc) is 2.82. The zero-order valence-electron chi connectivity index (χ0n) is 19.8. The van der Waals surface area contributed by atoms with Crippen molar-refractivity contribution < 1.29 is 36.3 Å². The molecule has 2 N–H and O–H groups in total. The first-order valence-electron chi connectivity index (χ1n) is 11.0. The SMILES string of the molecule is CC(C)CN(C1(C(=O)NO)CCOCC1)S(=O)(=O)c1ccc(Oc2ccc(S(C)(=O)=O)cc2)cc1. The van der Waals surface area contributed by atoms with Crippen LogP contribution in [-0.2, 0) is 29.4 Å². The van der Waals surface area contributed by atoms with Crippen LogP contribution in [0, 0.1) is 5.92 Å². The molecule has 192 valence electrons. The number of ether oxygens (including phenoxy) is 2. The number of sulfone groups is 1. The number of nitrogens with one attached hydrogen (secondary N) is 1. The minimum absolute atomic E-state index is 0.0328. The van der Waals surface area contributed by atoms with Gasteiger partial charge in [-0.3, -0.25) is 10.0 Å². The van der Waals surface area contributed by atoms with Gasteiger partial charge in [-0.25, -0.2) is 22.3 Å². The summed E-state index contributed by atoms with van der Waals surface area (Å²) in [6.07, 6.45) is 1.32. The summed E-state index contributed by atoms with van der Waals surface area (Å²) < 4.78 is 62.9. The molecule has 0 bridgehead atoms. The number of hydrogen-bond acceptors (Lipinski definition) is 8. The second-order valence-corrected chi connectivity index (χ2v) is 12.7.